The van der Waals surface area contributed by atoms with E-state index in [1.165, 1.54) is 0 Å². The van der Waals surface area contributed by atoms with Gasteiger partial charge in [0, 0.05) is 49.1 Å². The maximum absolute atomic E-state index is 4.48. The number of aromatic nitrogens is 5. The summed E-state index contributed by atoms with van der Waals surface area (Å²) in [6, 6.07) is 10.5. The number of nitrogens with zero attached hydrogens (tertiary/aromatic N) is 5. The van der Waals surface area contributed by atoms with E-state index in [0.717, 1.165) is 54.5 Å². The lowest BCUT2D eigenvalue weighted by Gasteiger charge is -2.25. The number of hydrogen-bond acceptors (Lipinski definition) is 5. The third-order valence-corrected chi connectivity index (χ3v) is 4.46. The van der Waals surface area contributed by atoms with Crippen LogP contribution in [-0.4, -0.2) is 30.8 Å². The Morgan fingerprint density at radius 2 is 1.92 bits per heavy atom. The lowest BCUT2D eigenvalue weighted by atomic mass is 10.1. The van der Waals surface area contributed by atoms with Gasteiger partial charge in [-0.05, 0) is 13.3 Å². The normalized spacial score (nSPS) is 16.8. The van der Waals surface area contributed by atoms with Crippen LogP contribution in [0.25, 0.3) is 11.4 Å². The molecule has 24 heavy (non-hydrogen) atoms. The molecule has 0 radical (unpaired) electrons. The summed E-state index contributed by atoms with van der Waals surface area (Å²) < 4.78 is 2.20. The van der Waals surface area contributed by atoms with Gasteiger partial charge < -0.3 is 9.88 Å². The summed E-state index contributed by atoms with van der Waals surface area (Å²) in [5.41, 5.74) is 2.14. The SMILES string of the molecule is Cc1nnc2n1C[C@@H](NCc1cnc(-c3ccccc3)nc1)CC2. The molecule has 0 aliphatic carbocycles. The van der Waals surface area contributed by atoms with Crippen LogP contribution in [0.1, 0.15) is 23.6 Å². The Bertz CT molecular complexity index is 809. The molecule has 0 saturated heterocycles. The first-order valence-corrected chi connectivity index (χ1v) is 8.28. The van der Waals surface area contributed by atoms with Crippen molar-refractivity contribution in [2.75, 3.05) is 0 Å². The molecule has 1 atom stereocenters. The second-order valence-corrected chi connectivity index (χ2v) is 6.17. The van der Waals surface area contributed by atoms with E-state index in [9.17, 15) is 0 Å². The van der Waals surface area contributed by atoms with E-state index < -0.39 is 0 Å². The van der Waals surface area contributed by atoms with Crippen molar-refractivity contribution >= 4 is 0 Å². The van der Waals surface area contributed by atoms with E-state index in [0.29, 0.717) is 6.04 Å². The molecule has 0 fully saturated rings. The van der Waals surface area contributed by atoms with Crippen LogP contribution in [0.5, 0.6) is 0 Å². The Morgan fingerprint density at radius 1 is 1.12 bits per heavy atom. The van der Waals surface area contributed by atoms with Gasteiger partial charge in [0.1, 0.15) is 11.6 Å². The maximum atomic E-state index is 4.48. The average Bonchev–Trinajstić information content (AvgIpc) is 3.02. The van der Waals surface area contributed by atoms with Crippen molar-refractivity contribution in [3.63, 3.8) is 0 Å². The van der Waals surface area contributed by atoms with Crippen LogP contribution < -0.4 is 5.32 Å². The molecule has 0 bridgehead atoms. The Kier molecular flexibility index (Phi) is 4.04. The predicted octanol–water partition coefficient (Wildman–Crippen LogP) is 2.15. The van der Waals surface area contributed by atoms with Crippen LogP contribution in [0.15, 0.2) is 42.7 Å². The molecule has 3 heterocycles. The molecule has 0 saturated carbocycles. The van der Waals surface area contributed by atoms with Gasteiger partial charge >= 0.3 is 0 Å². The van der Waals surface area contributed by atoms with Crippen molar-refractivity contribution in [2.45, 2.75) is 38.9 Å². The third kappa shape index (κ3) is 3.05. The van der Waals surface area contributed by atoms with Gasteiger partial charge in [-0.2, -0.15) is 0 Å². The first kappa shape index (κ1) is 15.0. The predicted molar refractivity (Wildman–Crippen MR) is 91.2 cm³/mol. The van der Waals surface area contributed by atoms with Crippen LogP contribution in [0, 0.1) is 6.92 Å². The van der Waals surface area contributed by atoms with Gasteiger partial charge in [0.2, 0.25) is 0 Å². The zero-order valence-electron chi connectivity index (χ0n) is 13.7. The van der Waals surface area contributed by atoms with E-state index in [1.807, 2.05) is 49.6 Å². The van der Waals surface area contributed by atoms with Gasteiger partial charge in [0.05, 0.1) is 0 Å². The minimum absolute atomic E-state index is 0.431. The van der Waals surface area contributed by atoms with Gasteiger partial charge in [-0.15, -0.1) is 10.2 Å². The Balaban J connectivity index is 1.38. The van der Waals surface area contributed by atoms with Crippen LogP contribution >= 0.6 is 0 Å². The molecule has 1 aliphatic rings. The molecule has 1 aliphatic heterocycles. The van der Waals surface area contributed by atoms with E-state index in [1.54, 1.807) is 0 Å². The number of fused-ring (bicyclic) bond motifs is 1. The third-order valence-electron chi connectivity index (χ3n) is 4.46. The van der Waals surface area contributed by atoms with Crippen LogP contribution in [0.2, 0.25) is 0 Å². The Labute approximate surface area is 141 Å². The lowest BCUT2D eigenvalue weighted by Crippen LogP contribution is -2.37. The van der Waals surface area contributed by atoms with Crippen LogP contribution in [0.4, 0.5) is 0 Å². The van der Waals surface area contributed by atoms with Crippen molar-refractivity contribution < 1.29 is 0 Å². The molecule has 0 unspecified atom stereocenters. The fourth-order valence-electron chi connectivity index (χ4n) is 3.07. The summed E-state index contributed by atoms with van der Waals surface area (Å²) in [7, 11) is 0. The minimum Gasteiger partial charge on any atom is -0.314 e. The summed E-state index contributed by atoms with van der Waals surface area (Å²) in [6.07, 6.45) is 5.87. The van der Waals surface area contributed by atoms with E-state index in [-0.39, 0.29) is 0 Å². The first-order valence-electron chi connectivity index (χ1n) is 8.28. The molecule has 4 rings (SSSR count). The van der Waals surface area contributed by atoms with Crippen LogP contribution in [-0.2, 0) is 19.5 Å². The Morgan fingerprint density at radius 3 is 2.71 bits per heavy atom. The summed E-state index contributed by atoms with van der Waals surface area (Å²) in [5.74, 6) is 2.86. The molecule has 3 aromatic rings. The average molecular weight is 320 g/mol. The smallest absolute Gasteiger partial charge is 0.159 e. The minimum atomic E-state index is 0.431. The van der Waals surface area contributed by atoms with E-state index in [4.69, 9.17) is 0 Å². The van der Waals surface area contributed by atoms with Crippen molar-refractivity contribution in [3.05, 3.63) is 59.9 Å². The fraction of sp³-hybridized carbons (Fsp3) is 0.333. The molecule has 1 N–H and O–H groups in total. The van der Waals surface area contributed by atoms with Gasteiger partial charge in [-0.3, -0.25) is 0 Å². The summed E-state index contributed by atoms with van der Waals surface area (Å²) in [6.45, 7) is 3.71. The number of aryl methyl sites for hydroxylation is 2. The van der Waals surface area contributed by atoms with Crippen molar-refractivity contribution in [1.29, 1.82) is 0 Å². The molecule has 6 nitrogen and oxygen atoms in total. The second-order valence-electron chi connectivity index (χ2n) is 6.17. The highest BCUT2D eigenvalue weighted by molar-refractivity contribution is 5.53. The van der Waals surface area contributed by atoms with Gasteiger partial charge in [0.25, 0.3) is 0 Å². The maximum Gasteiger partial charge on any atom is 0.159 e. The molecule has 2 aromatic heterocycles. The van der Waals surface area contributed by atoms with Crippen molar-refractivity contribution in [3.8, 4) is 11.4 Å². The molecular weight excluding hydrogens is 300 g/mol. The lowest BCUT2D eigenvalue weighted by molar-refractivity contribution is 0.375. The number of benzene rings is 1. The first-order chi connectivity index (χ1) is 11.8. The van der Waals surface area contributed by atoms with Gasteiger partial charge in [-0.25, -0.2) is 9.97 Å². The zero-order chi connectivity index (χ0) is 16.4. The standard InChI is InChI=1S/C18H20N6/c1-13-22-23-17-8-7-16(12-24(13)17)19-9-14-10-20-18(21-11-14)15-5-3-2-4-6-15/h2-6,10-11,16,19H,7-9,12H2,1H3/t16-/m0/s1. The van der Waals surface area contributed by atoms with E-state index in [2.05, 4.69) is 30.0 Å². The summed E-state index contributed by atoms with van der Waals surface area (Å²) in [4.78, 5) is 8.96. The molecule has 122 valence electrons. The number of hydrogen-bond donors (Lipinski definition) is 1. The highest BCUT2D eigenvalue weighted by atomic mass is 15.3. The molecule has 0 amide bonds. The summed E-state index contributed by atoms with van der Waals surface area (Å²) >= 11 is 0. The highest BCUT2D eigenvalue weighted by Gasteiger charge is 2.20. The zero-order valence-corrected chi connectivity index (χ0v) is 13.7. The monoisotopic (exact) mass is 320 g/mol. The number of nitrogens with one attached hydrogen (secondary N) is 1. The molecule has 1 aromatic carbocycles. The molecule has 6 heteroatoms. The fourth-order valence-corrected chi connectivity index (χ4v) is 3.07. The quantitative estimate of drug-likeness (QED) is 0.798. The Hall–Kier alpha value is -2.60. The highest BCUT2D eigenvalue weighted by Crippen LogP contribution is 2.16. The molecule has 0 spiro atoms. The molecular formula is C18H20N6. The van der Waals surface area contributed by atoms with Crippen molar-refractivity contribution in [2.24, 2.45) is 0 Å². The topological polar surface area (TPSA) is 68.5 Å². The number of rotatable bonds is 4. The summed E-state index contributed by atoms with van der Waals surface area (Å²) in [5, 5.41) is 12.0. The van der Waals surface area contributed by atoms with Crippen LogP contribution in [0.3, 0.4) is 0 Å². The van der Waals surface area contributed by atoms with Crippen molar-refractivity contribution in [1.82, 2.24) is 30.0 Å². The van der Waals surface area contributed by atoms with Gasteiger partial charge in [0.15, 0.2) is 5.82 Å². The largest absolute Gasteiger partial charge is 0.314 e. The second kappa shape index (κ2) is 6.49. The van der Waals surface area contributed by atoms with Gasteiger partial charge in [-0.1, -0.05) is 30.3 Å². The van der Waals surface area contributed by atoms with E-state index >= 15 is 0 Å².